The van der Waals surface area contributed by atoms with Gasteiger partial charge in [0.2, 0.25) is 5.91 Å². The smallest absolute Gasteiger partial charge is 0.223 e. The minimum absolute atomic E-state index is 0. The maximum atomic E-state index is 10.9. The van der Waals surface area contributed by atoms with Crippen LogP contribution in [0.3, 0.4) is 0 Å². The lowest BCUT2D eigenvalue weighted by Gasteiger charge is -2.42. The predicted molar refractivity (Wildman–Crippen MR) is 78.3 cm³/mol. The van der Waals surface area contributed by atoms with E-state index in [1.807, 2.05) is 18.2 Å². The van der Waals surface area contributed by atoms with Crippen molar-refractivity contribution in [2.75, 3.05) is 44.7 Å². The van der Waals surface area contributed by atoms with Crippen LogP contribution >= 0.6 is 11.6 Å². The first-order valence-electron chi connectivity index (χ1n) is 6.61. The van der Waals surface area contributed by atoms with Crippen molar-refractivity contribution in [1.29, 1.82) is 0 Å². The van der Waals surface area contributed by atoms with Crippen LogP contribution in [-0.2, 0) is 4.79 Å². The Labute approximate surface area is 142 Å². The van der Waals surface area contributed by atoms with Crippen molar-refractivity contribution in [2.45, 2.75) is 6.42 Å². The Hall–Kier alpha value is -0.530. The van der Waals surface area contributed by atoms with Gasteiger partial charge in [0.1, 0.15) is 0 Å². The van der Waals surface area contributed by atoms with Crippen molar-refractivity contribution in [3.8, 4) is 0 Å². The molecule has 112 valence electrons. The molecule has 1 aromatic rings. The van der Waals surface area contributed by atoms with Crippen LogP contribution < -0.4 is 34.6 Å². The van der Waals surface area contributed by atoms with Crippen LogP contribution in [0.5, 0.6) is 0 Å². The van der Waals surface area contributed by atoms with Gasteiger partial charge in [0.05, 0.1) is 46.2 Å². The molecule has 0 unspecified atom stereocenters. The number of amides is 1. The van der Waals surface area contributed by atoms with E-state index in [-0.39, 0.29) is 29.9 Å². The number of nitrogens with zero attached hydrogens (tertiary/aromatic N) is 2. The van der Waals surface area contributed by atoms with E-state index in [0.717, 1.165) is 42.2 Å². The van der Waals surface area contributed by atoms with Gasteiger partial charge in [0.15, 0.2) is 0 Å². The summed E-state index contributed by atoms with van der Waals surface area (Å²) in [4.78, 5) is 13.2. The van der Waals surface area contributed by atoms with E-state index >= 15 is 0 Å². The van der Waals surface area contributed by atoms with Gasteiger partial charge in [-0.15, -0.1) is 0 Å². The van der Waals surface area contributed by atoms with Crippen LogP contribution in [0.1, 0.15) is 6.42 Å². The average Bonchev–Trinajstić information content (AvgIpc) is 2.37. The molecular formula is C14H21ClIN3O. The second-order valence-corrected chi connectivity index (χ2v) is 5.91. The van der Waals surface area contributed by atoms with Gasteiger partial charge in [-0.25, -0.2) is 0 Å². The quantitative estimate of drug-likeness (QED) is 0.485. The summed E-state index contributed by atoms with van der Waals surface area (Å²) >= 11 is 6.02. The Bertz CT molecular complexity index is 461. The van der Waals surface area contributed by atoms with E-state index in [1.54, 1.807) is 0 Å². The molecule has 1 aliphatic heterocycles. The van der Waals surface area contributed by atoms with Crippen molar-refractivity contribution in [3.05, 3.63) is 29.3 Å². The molecule has 0 aliphatic carbocycles. The van der Waals surface area contributed by atoms with Crippen LogP contribution in [0.15, 0.2) is 24.3 Å². The minimum Gasteiger partial charge on any atom is -1.00 e. The molecule has 0 spiro atoms. The van der Waals surface area contributed by atoms with Gasteiger partial charge in [0.25, 0.3) is 0 Å². The Balaban J connectivity index is 0.00000200. The molecule has 2 rings (SSSR count). The molecule has 0 saturated carbocycles. The SMILES string of the molecule is C[N+]1(CCC(N)=O)CCN(c2cccc(Cl)c2)CC1.[I-]. The number of carbonyl (C=O) groups is 1. The molecule has 1 aromatic carbocycles. The topological polar surface area (TPSA) is 46.3 Å². The van der Waals surface area contributed by atoms with Crippen LogP contribution in [0.2, 0.25) is 5.02 Å². The van der Waals surface area contributed by atoms with Gasteiger partial charge >= 0.3 is 0 Å². The third kappa shape index (κ3) is 4.79. The summed E-state index contributed by atoms with van der Waals surface area (Å²) < 4.78 is 0.917. The van der Waals surface area contributed by atoms with E-state index in [9.17, 15) is 4.79 Å². The lowest BCUT2D eigenvalue weighted by atomic mass is 10.2. The number of rotatable bonds is 4. The number of likely N-dealkylation sites (N-methyl/N-ethyl adjacent to an activating group) is 1. The number of benzene rings is 1. The summed E-state index contributed by atoms with van der Waals surface area (Å²) in [5, 5.41) is 0.772. The number of primary amides is 1. The monoisotopic (exact) mass is 409 g/mol. The summed E-state index contributed by atoms with van der Waals surface area (Å²) in [7, 11) is 2.19. The van der Waals surface area contributed by atoms with Crippen molar-refractivity contribution in [2.24, 2.45) is 5.73 Å². The molecule has 2 N–H and O–H groups in total. The standard InChI is InChI=1S/C14H20ClN3O.HI/c1-18(8-5-14(16)19)9-6-17(7-10-18)13-4-2-3-12(15)11-13;/h2-4,11H,5-10H2,1H3,(H-,16,19);1H. The van der Waals surface area contributed by atoms with Crippen LogP contribution in [-0.4, -0.2) is 50.2 Å². The second-order valence-electron chi connectivity index (χ2n) is 5.47. The van der Waals surface area contributed by atoms with Gasteiger partial charge in [-0.05, 0) is 18.2 Å². The van der Waals surface area contributed by atoms with Crippen molar-refractivity contribution in [3.63, 3.8) is 0 Å². The molecule has 4 nitrogen and oxygen atoms in total. The van der Waals surface area contributed by atoms with E-state index in [0.29, 0.717) is 6.42 Å². The normalized spacial score (nSPS) is 17.4. The zero-order valence-electron chi connectivity index (χ0n) is 11.7. The Kier molecular flexibility index (Phi) is 6.54. The van der Waals surface area contributed by atoms with E-state index < -0.39 is 0 Å². The number of hydrogen-bond acceptors (Lipinski definition) is 2. The first-order chi connectivity index (χ1) is 8.98. The highest BCUT2D eigenvalue weighted by molar-refractivity contribution is 6.30. The van der Waals surface area contributed by atoms with Gasteiger partial charge in [-0.1, -0.05) is 17.7 Å². The lowest BCUT2D eigenvalue weighted by molar-refractivity contribution is -0.909. The minimum atomic E-state index is -0.211. The maximum absolute atomic E-state index is 10.9. The molecule has 0 radical (unpaired) electrons. The highest BCUT2D eigenvalue weighted by Gasteiger charge is 2.28. The third-order valence-electron chi connectivity index (χ3n) is 3.89. The summed E-state index contributed by atoms with van der Waals surface area (Å²) in [5.41, 5.74) is 6.40. The van der Waals surface area contributed by atoms with Gasteiger partial charge in [0, 0.05) is 10.7 Å². The first-order valence-corrected chi connectivity index (χ1v) is 6.99. The van der Waals surface area contributed by atoms with Crippen LogP contribution in [0.4, 0.5) is 5.69 Å². The number of halogens is 2. The fourth-order valence-electron chi connectivity index (χ4n) is 2.48. The molecule has 1 amide bonds. The van der Waals surface area contributed by atoms with Gasteiger partial charge < -0.3 is 39.1 Å². The van der Waals surface area contributed by atoms with Crippen molar-refractivity contribution >= 4 is 23.2 Å². The molecule has 0 aromatic heterocycles. The Morgan fingerprint density at radius 3 is 2.60 bits per heavy atom. The summed E-state index contributed by atoms with van der Waals surface area (Å²) in [6, 6.07) is 7.96. The zero-order chi connectivity index (χ0) is 13.9. The zero-order valence-corrected chi connectivity index (χ0v) is 14.6. The number of carbonyl (C=O) groups excluding carboxylic acids is 1. The third-order valence-corrected chi connectivity index (χ3v) is 4.13. The fourth-order valence-corrected chi connectivity index (χ4v) is 2.67. The fraction of sp³-hybridized carbons (Fsp3) is 0.500. The van der Waals surface area contributed by atoms with Crippen LogP contribution in [0.25, 0.3) is 0 Å². The molecule has 0 bridgehead atoms. The number of quaternary nitrogens is 1. The number of piperazine rings is 1. The number of anilines is 1. The largest absolute Gasteiger partial charge is 1.00 e. The maximum Gasteiger partial charge on any atom is 0.223 e. The Morgan fingerprint density at radius 1 is 1.40 bits per heavy atom. The average molecular weight is 410 g/mol. The van der Waals surface area contributed by atoms with Crippen LogP contribution in [0, 0.1) is 0 Å². The summed E-state index contributed by atoms with van der Waals surface area (Å²) in [6.45, 7) is 4.85. The summed E-state index contributed by atoms with van der Waals surface area (Å²) in [6.07, 6.45) is 0.466. The van der Waals surface area contributed by atoms with Gasteiger partial charge in [-0.2, -0.15) is 0 Å². The second kappa shape index (κ2) is 7.47. The Morgan fingerprint density at radius 2 is 2.05 bits per heavy atom. The molecular weight excluding hydrogens is 389 g/mol. The molecule has 1 fully saturated rings. The molecule has 20 heavy (non-hydrogen) atoms. The first kappa shape index (κ1) is 17.5. The lowest BCUT2D eigenvalue weighted by Crippen LogP contribution is -3.00. The highest BCUT2D eigenvalue weighted by atomic mass is 127. The number of nitrogens with two attached hydrogens (primary N) is 1. The molecule has 1 aliphatic rings. The molecule has 0 atom stereocenters. The van der Waals surface area contributed by atoms with E-state index in [1.165, 1.54) is 5.69 Å². The van der Waals surface area contributed by atoms with Crippen molar-refractivity contribution < 1.29 is 33.3 Å². The van der Waals surface area contributed by atoms with Gasteiger partial charge in [-0.3, -0.25) is 4.79 Å². The van der Waals surface area contributed by atoms with E-state index in [4.69, 9.17) is 17.3 Å². The predicted octanol–water partition coefficient (Wildman–Crippen LogP) is -1.51. The molecule has 1 saturated heterocycles. The number of hydrogen-bond donors (Lipinski definition) is 1. The molecule has 1 heterocycles. The molecule has 6 heteroatoms. The van der Waals surface area contributed by atoms with Crippen molar-refractivity contribution in [1.82, 2.24) is 0 Å². The summed E-state index contributed by atoms with van der Waals surface area (Å²) in [5.74, 6) is -0.211. The highest BCUT2D eigenvalue weighted by Crippen LogP contribution is 2.22. The van der Waals surface area contributed by atoms with E-state index in [2.05, 4.69) is 18.0 Å².